The standard InChI is InChI=1S/C14H19N5OS/c1-10(13-15-6-8-21-13)17-14-16-5-4-12(19-14)18-11-3-2-7-20-9-11/h4-6,8,10-11H,2-3,7,9H2,1H3,(H2,16,17,18,19). The number of hydrogen-bond acceptors (Lipinski definition) is 7. The summed E-state index contributed by atoms with van der Waals surface area (Å²) in [6.45, 7) is 3.65. The molecule has 6 nitrogen and oxygen atoms in total. The number of anilines is 2. The van der Waals surface area contributed by atoms with Gasteiger partial charge in [0, 0.05) is 24.4 Å². The summed E-state index contributed by atoms with van der Waals surface area (Å²) in [5, 5.41) is 9.67. The Morgan fingerprint density at radius 3 is 3.10 bits per heavy atom. The number of nitrogens with one attached hydrogen (secondary N) is 2. The first-order valence-corrected chi connectivity index (χ1v) is 8.02. The van der Waals surface area contributed by atoms with Crippen LogP contribution in [0.4, 0.5) is 11.8 Å². The van der Waals surface area contributed by atoms with Gasteiger partial charge in [0.05, 0.1) is 18.7 Å². The molecular formula is C14H19N5OS. The molecule has 3 heterocycles. The van der Waals surface area contributed by atoms with E-state index in [4.69, 9.17) is 4.74 Å². The normalized spacial score (nSPS) is 20.0. The number of aromatic nitrogens is 3. The Labute approximate surface area is 128 Å². The molecule has 0 aliphatic carbocycles. The van der Waals surface area contributed by atoms with Crippen molar-refractivity contribution in [2.75, 3.05) is 23.8 Å². The molecule has 21 heavy (non-hydrogen) atoms. The molecular weight excluding hydrogens is 286 g/mol. The fourth-order valence-corrected chi connectivity index (χ4v) is 2.92. The Morgan fingerprint density at radius 2 is 2.33 bits per heavy atom. The molecule has 0 saturated carbocycles. The van der Waals surface area contributed by atoms with Gasteiger partial charge in [-0.1, -0.05) is 0 Å². The van der Waals surface area contributed by atoms with Gasteiger partial charge in [-0.25, -0.2) is 9.97 Å². The van der Waals surface area contributed by atoms with Crippen molar-refractivity contribution in [3.63, 3.8) is 0 Å². The van der Waals surface area contributed by atoms with Crippen LogP contribution in [0.3, 0.4) is 0 Å². The van der Waals surface area contributed by atoms with Crippen LogP contribution in [0.1, 0.15) is 30.8 Å². The van der Waals surface area contributed by atoms with Crippen molar-refractivity contribution in [1.82, 2.24) is 15.0 Å². The molecule has 2 aromatic heterocycles. The van der Waals surface area contributed by atoms with E-state index in [0.717, 1.165) is 36.9 Å². The van der Waals surface area contributed by atoms with Crippen LogP contribution in [-0.4, -0.2) is 34.2 Å². The SMILES string of the molecule is CC(Nc1nccc(NC2CCCOC2)n1)c1nccs1. The summed E-state index contributed by atoms with van der Waals surface area (Å²) in [5.41, 5.74) is 0. The molecule has 0 aromatic carbocycles. The van der Waals surface area contributed by atoms with Crippen LogP contribution in [0.15, 0.2) is 23.8 Å². The van der Waals surface area contributed by atoms with E-state index >= 15 is 0 Å². The number of rotatable bonds is 5. The van der Waals surface area contributed by atoms with Gasteiger partial charge in [0.25, 0.3) is 0 Å². The third-order valence-corrected chi connectivity index (χ3v) is 4.29. The molecule has 0 radical (unpaired) electrons. The van der Waals surface area contributed by atoms with Crippen molar-refractivity contribution in [2.45, 2.75) is 31.8 Å². The van der Waals surface area contributed by atoms with Crippen molar-refractivity contribution < 1.29 is 4.74 Å². The fourth-order valence-electron chi connectivity index (χ4n) is 2.28. The summed E-state index contributed by atoms with van der Waals surface area (Å²) in [6, 6.07) is 2.31. The number of hydrogen-bond donors (Lipinski definition) is 2. The Balaban J connectivity index is 1.62. The maximum absolute atomic E-state index is 5.47. The second-order valence-corrected chi connectivity index (χ2v) is 5.99. The average Bonchev–Trinajstić information content (AvgIpc) is 3.03. The van der Waals surface area contributed by atoms with Gasteiger partial charge >= 0.3 is 0 Å². The highest BCUT2D eigenvalue weighted by molar-refractivity contribution is 7.09. The van der Waals surface area contributed by atoms with Crippen molar-refractivity contribution in [1.29, 1.82) is 0 Å². The molecule has 1 aliphatic rings. The van der Waals surface area contributed by atoms with Gasteiger partial charge in [-0.05, 0) is 25.8 Å². The minimum atomic E-state index is 0.0956. The number of ether oxygens (including phenoxy) is 1. The van der Waals surface area contributed by atoms with E-state index in [-0.39, 0.29) is 6.04 Å². The molecule has 2 aromatic rings. The first-order valence-electron chi connectivity index (χ1n) is 7.14. The summed E-state index contributed by atoms with van der Waals surface area (Å²) in [6.07, 6.45) is 5.77. The van der Waals surface area contributed by atoms with Gasteiger partial charge in [-0.2, -0.15) is 4.98 Å². The van der Waals surface area contributed by atoms with Crippen LogP contribution in [0.5, 0.6) is 0 Å². The molecule has 2 unspecified atom stereocenters. The smallest absolute Gasteiger partial charge is 0.225 e. The number of nitrogens with zero attached hydrogens (tertiary/aromatic N) is 3. The van der Waals surface area contributed by atoms with Gasteiger partial charge in [-0.15, -0.1) is 11.3 Å². The molecule has 1 saturated heterocycles. The van der Waals surface area contributed by atoms with Crippen molar-refractivity contribution >= 4 is 23.1 Å². The Kier molecular flexibility index (Phi) is 4.62. The highest BCUT2D eigenvalue weighted by Crippen LogP contribution is 2.19. The highest BCUT2D eigenvalue weighted by atomic mass is 32.1. The molecule has 2 atom stereocenters. The van der Waals surface area contributed by atoms with Gasteiger partial charge in [0.15, 0.2) is 0 Å². The minimum Gasteiger partial charge on any atom is -0.379 e. The maximum atomic E-state index is 5.47. The first kappa shape index (κ1) is 14.2. The number of thiazole rings is 1. The molecule has 0 spiro atoms. The van der Waals surface area contributed by atoms with Crippen LogP contribution >= 0.6 is 11.3 Å². The van der Waals surface area contributed by atoms with Gasteiger partial charge in [-0.3, -0.25) is 0 Å². The largest absolute Gasteiger partial charge is 0.379 e. The Bertz CT molecular complexity index is 556. The summed E-state index contributed by atoms with van der Waals surface area (Å²) in [4.78, 5) is 13.1. The second kappa shape index (κ2) is 6.82. The molecule has 2 N–H and O–H groups in total. The summed E-state index contributed by atoms with van der Waals surface area (Å²) < 4.78 is 5.47. The van der Waals surface area contributed by atoms with Gasteiger partial charge < -0.3 is 15.4 Å². The zero-order valence-electron chi connectivity index (χ0n) is 12.0. The quantitative estimate of drug-likeness (QED) is 0.885. The lowest BCUT2D eigenvalue weighted by atomic mass is 10.1. The molecule has 7 heteroatoms. The molecule has 0 bridgehead atoms. The third-order valence-electron chi connectivity index (χ3n) is 3.34. The summed E-state index contributed by atoms with van der Waals surface area (Å²) in [7, 11) is 0. The predicted molar refractivity (Wildman–Crippen MR) is 83.6 cm³/mol. The Morgan fingerprint density at radius 1 is 1.38 bits per heavy atom. The molecule has 112 valence electrons. The van der Waals surface area contributed by atoms with Crippen LogP contribution < -0.4 is 10.6 Å². The lowest BCUT2D eigenvalue weighted by molar-refractivity contribution is 0.0875. The van der Waals surface area contributed by atoms with E-state index < -0.39 is 0 Å². The van der Waals surface area contributed by atoms with Crippen LogP contribution in [0.25, 0.3) is 0 Å². The van der Waals surface area contributed by atoms with Crippen LogP contribution in [0.2, 0.25) is 0 Å². The lowest BCUT2D eigenvalue weighted by Gasteiger charge is -2.23. The van der Waals surface area contributed by atoms with E-state index in [1.54, 1.807) is 23.7 Å². The van der Waals surface area contributed by atoms with E-state index in [0.29, 0.717) is 12.0 Å². The van der Waals surface area contributed by atoms with E-state index in [1.807, 2.05) is 11.4 Å². The maximum Gasteiger partial charge on any atom is 0.225 e. The Hall–Kier alpha value is -1.73. The monoisotopic (exact) mass is 305 g/mol. The zero-order valence-corrected chi connectivity index (χ0v) is 12.8. The van der Waals surface area contributed by atoms with E-state index in [2.05, 4.69) is 32.5 Å². The van der Waals surface area contributed by atoms with Gasteiger partial charge in [0.1, 0.15) is 10.8 Å². The first-order chi connectivity index (χ1) is 10.3. The van der Waals surface area contributed by atoms with E-state index in [9.17, 15) is 0 Å². The lowest BCUT2D eigenvalue weighted by Crippen LogP contribution is -2.30. The predicted octanol–water partition coefficient (Wildman–Crippen LogP) is 2.70. The second-order valence-electron chi connectivity index (χ2n) is 5.06. The molecule has 1 aliphatic heterocycles. The van der Waals surface area contributed by atoms with Crippen molar-refractivity contribution in [3.05, 3.63) is 28.8 Å². The zero-order chi connectivity index (χ0) is 14.5. The summed E-state index contributed by atoms with van der Waals surface area (Å²) >= 11 is 1.62. The van der Waals surface area contributed by atoms with Crippen molar-refractivity contribution in [3.8, 4) is 0 Å². The molecule has 0 amide bonds. The topological polar surface area (TPSA) is 72.0 Å². The summed E-state index contributed by atoms with van der Waals surface area (Å²) in [5.74, 6) is 1.44. The third kappa shape index (κ3) is 3.89. The van der Waals surface area contributed by atoms with E-state index in [1.165, 1.54) is 0 Å². The molecule has 1 fully saturated rings. The fraction of sp³-hybridized carbons (Fsp3) is 0.500. The van der Waals surface area contributed by atoms with Crippen LogP contribution in [0, 0.1) is 0 Å². The minimum absolute atomic E-state index is 0.0956. The van der Waals surface area contributed by atoms with Crippen LogP contribution in [-0.2, 0) is 4.74 Å². The molecule has 3 rings (SSSR count). The van der Waals surface area contributed by atoms with Crippen molar-refractivity contribution in [2.24, 2.45) is 0 Å². The average molecular weight is 305 g/mol. The highest BCUT2D eigenvalue weighted by Gasteiger charge is 2.15. The van der Waals surface area contributed by atoms with Gasteiger partial charge in [0.2, 0.25) is 5.95 Å².